The Morgan fingerprint density at radius 1 is 1.69 bits per heavy atom. The number of aromatic amines is 1. The number of carbonyl (C=O) groups is 1. The molecule has 0 fully saturated rings. The summed E-state index contributed by atoms with van der Waals surface area (Å²) >= 11 is 0. The summed E-state index contributed by atoms with van der Waals surface area (Å²) in [5.74, 6) is 0.302. The fraction of sp³-hybridized carbons (Fsp3) is 0.667. The van der Waals surface area contributed by atoms with Crippen molar-refractivity contribution in [3.8, 4) is 0 Å². The van der Waals surface area contributed by atoms with Crippen LogP contribution >= 0.6 is 0 Å². The van der Waals surface area contributed by atoms with Crippen LogP contribution in [0.4, 0.5) is 0 Å². The first-order valence-electron chi connectivity index (χ1n) is 5.03. The number of aryl methyl sites for hydroxylation is 1. The average molecular weight is 228 g/mol. The Balaban J connectivity index is 2.56. The Labute approximate surface area is 93.2 Å². The van der Waals surface area contributed by atoms with Crippen molar-refractivity contribution in [3.63, 3.8) is 0 Å². The van der Waals surface area contributed by atoms with E-state index in [1.807, 2.05) is 6.92 Å². The molecule has 1 rings (SSSR count). The van der Waals surface area contributed by atoms with Crippen molar-refractivity contribution in [2.45, 2.75) is 19.4 Å². The third-order valence-electron chi connectivity index (χ3n) is 1.99. The molecule has 7 nitrogen and oxygen atoms in total. The molecule has 0 aliphatic rings. The van der Waals surface area contributed by atoms with Gasteiger partial charge in [-0.15, -0.1) is 5.10 Å². The average Bonchev–Trinajstić information content (AvgIpc) is 2.76. The number of aliphatic hydroxyl groups is 1. The molecule has 7 heteroatoms. The number of H-pyrrole nitrogens is 1. The van der Waals surface area contributed by atoms with E-state index < -0.39 is 11.9 Å². The number of aromatic nitrogens is 3. The number of hydrogen-bond donors (Lipinski definition) is 3. The number of rotatable bonds is 6. The largest absolute Gasteiger partial charge is 0.394 e. The van der Waals surface area contributed by atoms with Gasteiger partial charge in [-0.1, -0.05) is 6.92 Å². The molecule has 0 aliphatic heterocycles. The molecule has 1 unspecified atom stereocenters. The summed E-state index contributed by atoms with van der Waals surface area (Å²) in [6.07, 6.45) is 0.682. The zero-order valence-corrected chi connectivity index (χ0v) is 9.36. The van der Waals surface area contributed by atoms with Crippen molar-refractivity contribution in [2.24, 2.45) is 0 Å². The second kappa shape index (κ2) is 6.19. The van der Waals surface area contributed by atoms with Gasteiger partial charge >= 0.3 is 0 Å². The topological polar surface area (TPSA) is 100 Å². The Morgan fingerprint density at radius 2 is 2.44 bits per heavy atom. The van der Waals surface area contributed by atoms with Crippen LogP contribution in [0.3, 0.4) is 0 Å². The zero-order chi connectivity index (χ0) is 12.0. The molecule has 1 aromatic heterocycles. The number of ether oxygens (including phenoxy) is 1. The van der Waals surface area contributed by atoms with Gasteiger partial charge in [-0.2, -0.15) is 0 Å². The second-order valence-electron chi connectivity index (χ2n) is 3.27. The lowest BCUT2D eigenvalue weighted by Crippen LogP contribution is -2.41. The molecule has 0 spiro atoms. The first-order chi connectivity index (χ1) is 7.71. The van der Waals surface area contributed by atoms with E-state index in [1.54, 1.807) is 0 Å². The normalized spacial score (nSPS) is 12.4. The van der Waals surface area contributed by atoms with Crippen molar-refractivity contribution >= 4 is 5.91 Å². The maximum Gasteiger partial charge on any atom is 0.291 e. The highest BCUT2D eigenvalue weighted by Crippen LogP contribution is 1.94. The molecule has 16 heavy (non-hydrogen) atoms. The Kier molecular flexibility index (Phi) is 4.87. The molecule has 0 aliphatic carbocycles. The summed E-state index contributed by atoms with van der Waals surface area (Å²) in [6.45, 7) is 1.96. The maximum atomic E-state index is 11.6. The zero-order valence-electron chi connectivity index (χ0n) is 9.36. The smallest absolute Gasteiger partial charge is 0.291 e. The molecule has 1 amide bonds. The van der Waals surface area contributed by atoms with Crippen LogP contribution in [0, 0.1) is 0 Å². The van der Waals surface area contributed by atoms with Crippen LogP contribution in [0.5, 0.6) is 0 Å². The minimum Gasteiger partial charge on any atom is -0.394 e. The maximum absolute atomic E-state index is 11.6. The fourth-order valence-corrected chi connectivity index (χ4v) is 1.15. The molecule has 3 N–H and O–H groups in total. The number of carbonyl (C=O) groups excluding carboxylic acids is 1. The van der Waals surface area contributed by atoms with E-state index in [-0.39, 0.29) is 19.0 Å². The van der Waals surface area contributed by atoms with Gasteiger partial charge in [0.1, 0.15) is 5.82 Å². The van der Waals surface area contributed by atoms with E-state index in [1.165, 1.54) is 7.11 Å². The molecule has 0 aromatic carbocycles. The molecule has 0 radical (unpaired) electrons. The van der Waals surface area contributed by atoms with Crippen LogP contribution in [-0.2, 0) is 11.2 Å². The summed E-state index contributed by atoms with van der Waals surface area (Å²) in [4.78, 5) is 15.6. The van der Waals surface area contributed by atoms with Crippen molar-refractivity contribution < 1.29 is 14.6 Å². The van der Waals surface area contributed by atoms with Gasteiger partial charge in [0, 0.05) is 13.5 Å². The van der Waals surface area contributed by atoms with Gasteiger partial charge in [-0.05, 0) is 0 Å². The molecule has 0 saturated heterocycles. The van der Waals surface area contributed by atoms with E-state index in [9.17, 15) is 4.79 Å². The third kappa shape index (κ3) is 3.28. The van der Waals surface area contributed by atoms with Gasteiger partial charge in [-0.25, -0.2) is 4.98 Å². The van der Waals surface area contributed by atoms with Gasteiger partial charge in [0.15, 0.2) is 0 Å². The van der Waals surface area contributed by atoms with Gasteiger partial charge < -0.3 is 15.2 Å². The molecule has 1 aromatic rings. The number of nitrogens with zero attached hydrogens (tertiary/aromatic N) is 2. The molecule has 0 saturated carbocycles. The predicted molar refractivity (Wildman–Crippen MR) is 56.0 cm³/mol. The summed E-state index contributed by atoms with van der Waals surface area (Å²) < 4.78 is 4.83. The van der Waals surface area contributed by atoms with E-state index in [0.29, 0.717) is 12.2 Å². The lowest BCUT2D eigenvalue weighted by molar-refractivity contribution is 0.0830. The fourth-order valence-electron chi connectivity index (χ4n) is 1.15. The van der Waals surface area contributed by atoms with Crippen LogP contribution < -0.4 is 5.32 Å². The highest BCUT2D eigenvalue weighted by atomic mass is 16.5. The lowest BCUT2D eigenvalue weighted by atomic mass is 10.3. The van der Waals surface area contributed by atoms with Crippen LogP contribution in [0.25, 0.3) is 0 Å². The molecule has 0 bridgehead atoms. The van der Waals surface area contributed by atoms with E-state index in [4.69, 9.17) is 9.84 Å². The highest BCUT2D eigenvalue weighted by Gasteiger charge is 2.16. The quantitative estimate of drug-likeness (QED) is 0.586. The summed E-state index contributed by atoms with van der Waals surface area (Å²) in [6, 6.07) is -0.443. The van der Waals surface area contributed by atoms with Gasteiger partial charge in [0.05, 0.1) is 19.3 Å². The summed E-state index contributed by atoms with van der Waals surface area (Å²) in [7, 11) is 1.50. The Bertz CT molecular complexity index is 339. The molecule has 90 valence electrons. The number of methoxy groups -OCH3 is 1. The van der Waals surface area contributed by atoms with Crippen molar-refractivity contribution in [1.82, 2.24) is 20.5 Å². The summed E-state index contributed by atoms with van der Waals surface area (Å²) in [5, 5.41) is 17.9. The van der Waals surface area contributed by atoms with E-state index in [0.717, 1.165) is 0 Å². The number of amides is 1. The number of aliphatic hydroxyl groups excluding tert-OH is 1. The Morgan fingerprint density at radius 3 is 2.94 bits per heavy atom. The third-order valence-corrected chi connectivity index (χ3v) is 1.99. The van der Waals surface area contributed by atoms with Crippen LogP contribution in [0.15, 0.2) is 0 Å². The lowest BCUT2D eigenvalue weighted by Gasteiger charge is -2.13. The first kappa shape index (κ1) is 12.6. The van der Waals surface area contributed by atoms with Gasteiger partial charge in [0.25, 0.3) is 5.91 Å². The first-order valence-corrected chi connectivity index (χ1v) is 5.03. The van der Waals surface area contributed by atoms with Crippen molar-refractivity contribution in [3.05, 3.63) is 11.6 Å². The second-order valence-corrected chi connectivity index (χ2v) is 3.27. The predicted octanol–water partition coefficient (Wildman–Crippen LogP) is -0.896. The highest BCUT2D eigenvalue weighted by molar-refractivity contribution is 5.90. The van der Waals surface area contributed by atoms with Crippen LogP contribution in [-0.4, -0.2) is 52.6 Å². The molecular formula is C9H16N4O3. The SMILES string of the molecule is CCc1nc(C(=O)NC(CO)COC)n[nH]1. The van der Waals surface area contributed by atoms with E-state index in [2.05, 4.69) is 20.5 Å². The standard InChI is InChI=1S/C9H16N4O3/c1-3-7-11-8(13-12-7)9(15)10-6(4-14)5-16-2/h6,14H,3-5H2,1-2H3,(H,10,15)(H,11,12,13). The van der Waals surface area contributed by atoms with Gasteiger partial charge in [0.2, 0.25) is 5.82 Å². The minimum atomic E-state index is -0.443. The minimum absolute atomic E-state index is 0.0754. The van der Waals surface area contributed by atoms with Crippen molar-refractivity contribution in [2.75, 3.05) is 20.3 Å². The van der Waals surface area contributed by atoms with Crippen LogP contribution in [0.1, 0.15) is 23.4 Å². The van der Waals surface area contributed by atoms with Gasteiger partial charge in [-0.3, -0.25) is 9.89 Å². The Hall–Kier alpha value is -1.47. The molecular weight excluding hydrogens is 212 g/mol. The van der Waals surface area contributed by atoms with Crippen LogP contribution in [0.2, 0.25) is 0 Å². The van der Waals surface area contributed by atoms with Crippen molar-refractivity contribution in [1.29, 1.82) is 0 Å². The summed E-state index contributed by atoms with van der Waals surface area (Å²) in [5.41, 5.74) is 0. The number of hydrogen-bond acceptors (Lipinski definition) is 5. The molecule has 1 heterocycles. The van der Waals surface area contributed by atoms with E-state index >= 15 is 0 Å². The molecule has 1 atom stereocenters. The number of nitrogens with one attached hydrogen (secondary N) is 2. The monoisotopic (exact) mass is 228 g/mol.